The Bertz CT molecular complexity index is 408. The van der Waals surface area contributed by atoms with E-state index >= 15 is 0 Å². The normalized spacial score (nSPS) is 29.9. The molecule has 0 aliphatic heterocycles. The molecule has 7 nitrogen and oxygen atoms in total. The number of rotatable bonds is 2. The summed E-state index contributed by atoms with van der Waals surface area (Å²) in [6.07, 6.45) is 1.40. The van der Waals surface area contributed by atoms with Crippen molar-refractivity contribution in [1.29, 1.82) is 0 Å². The van der Waals surface area contributed by atoms with E-state index in [4.69, 9.17) is 5.73 Å². The van der Waals surface area contributed by atoms with Crippen molar-refractivity contribution < 1.29 is 10.0 Å². The van der Waals surface area contributed by atoms with Gasteiger partial charge in [0.1, 0.15) is 11.9 Å². The monoisotopic (exact) mass is 212 g/mol. The van der Waals surface area contributed by atoms with Crippen LogP contribution in [0.2, 0.25) is 0 Å². The minimum atomic E-state index is -0.812. The summed E-state index contributed by atoms with van der Waals surface area (Å²) in [5.74, 6) is 0. The molecule has 1 heterocycles. The molecule has 1 aromatic rings. The van der Waals surface area contributed by atoms with Crippen molar-refractivity contribution in [3.8, 4) is 0 Å². The first kappa shape index (κ1) is 10.1. The molecule has 0 spiro atoms. The number of nitro groups is 1. The first-order valence-corrected chi connectivity index (χ1v) is 4.58. The SMILES string of the molecule is Cn1ncc([N+](=O)[O-])c1C1(N)CC(O)C1. The fourth-order valence-electron chi connectivity index (χ4n) is 2.11. The third-order valence-electron chi connectivity index (χ3n) is 2.79. The van der Waals surface area contributed by atoms with Crippen LogP contribution in [0.15, 0.2) is 6.20 Å². The van der Waals surface area contributed by atoms with Gasteiger partial charge in [0, 0.05) is 7.05 Å². The lowest BCUT2D eigenvalue weighted by Gasteiger charge is -2.41. The number of aliphatic hydroxyl groups excluding tert-OH is 1. The summed E-state index contributed by atoms with van der Waals surface area (Å²) in [4.78, 5) is 10.2. The van der Waals surface area contributed by atoms with Crippen molar-refractivity contribution in [2.24, 2.45) is 12.8 Å². The third kappa shape index (κ3) is 1.40. The number of aromatic nitrogens is 2. The van der Waals surface area contributed by atoms with E-state index in [0.717, 1.165) is 0 Å². The van der Waals surface area contributed by atoms with E-state index in [0.29, 0.717) is 18.5 Å². The molecule has 2 rings (SSSR count). The molecule has 1 aliphatic rings. The van der Waals surface area contributed by atoms with Crippen LogP contribution in [0.25, 0.3) is 0 Å². The smallest absolute Gasteiger partial charge is 0.312 e. The van der Waals surface area contributed by atoms with Crippen molar-refractivity contribution in [1.82, 2.24) is 9.78 Å². The zero-order valence-corrected chi connectivity index (χ0v) is 8.25. The minimum Gasteiger partial charge on any atom is -0.393 e. The molecule has 1 fully saturated rings. The van der Waals surface area contributed by atoms with Gasteiger partial charge in [0.25, 0.3) is 0 Å². The zero-order chi connectivity index (χ0) is 11.2. The molecule has 0 aromatic carbocycles. The minimum absolute atomic E-state index is 0.0769. The Hall–Kier alpha value is -1.47. The molecule has 7 heteroatoms. The fraction of sp³-hybridized carbons (Fsp3) is 0.625. The zero-order valence-electron chi connectivity index (χ0n) is 8.25. The first-order chi connectivity index (χ1) is 6.94. The maximum Gasteiger partial charge on any atom is 0.312 e. The molecule has 0 bridgehead atoms. The third-order valence-corrected chi connectivity index (χ3v) is 2.79. The van der Waals surface area contributed by atoms with Crippen LogP contribution in [-0.4, -0.2) is 25.9 Å². The van der Waals surface area contributed by atoms with Crippen LogP contribution in [0.5, 0.6) is 0 Å². The summed E-state index contributed by atoms with van der Waals surface area (Å²) in [6.45, 7) is 0. The van der Waals surface area contributed by atoms with Gasteiger partial charge in [-0.25, -0.2) is 0 Å². The van der Waals surface area contributed by atoms with Gasteiger partial charge < -0.3 is 10.8 Å². The van der Waals surface area contributed by atoms with Gasteiger partial charge in [0.15, 0.2) is 0 Å². The lowest BCUT2D eigenvalue weighted by Crippen LogP contribution is -2.53. The molecule has 1 aliphatic carbocycles. The van der Waals surface area contributed by atoms with Gasteiger partial charge in [-0.05, 0) is 12.8 Å². The highest BCUT2D eigenvalue weighted by molar-refractivity contribution is 5.40. The molecule has 0 unspecified atom stereocenters. The van der Waals surface area contributed by atoms with Crippen LogP contribution in [0.1, 0.15) is 18.5 Å². The molecule has 1 saturated carbocycles. The van der Waals surface area contributed by atoms with Crippen LogP contribution in [0.3, 0.4) is 0 Å². The molecule has 0 radical (unpaired) electrons. The van der Waals surface area contributed by atoms with Crippen LogP contribution in [-0.2, 0) is 12.6 Å². The summed E-state index contributed by atoms with van der Waals surface area (Å²) in [7, 11) is 1.61. The molecular weight excluding hydrogens is 200 g/mol. The predicted octanol–water partition coefficient (Wildman–Crippen LogP) is -0.363. The molecule has 0 atom stereocenters. The Morgan fingerprint density at radius 2 is 2.40 bits per heavy atom. The summed E-state index contributed by atoms with van der Waals surface area (Å²) < 4.78 is 1.41. The second-order valence-electron chi connectivity index (χ2n) is 3.98. The standard InChI is InChI=1S/C8H12N4O3/c1-11-7(6(4-10-11)12(14)15)8(9)2-5(13)3-8/h4-5,13H,2-3,9H2,1H3. The molecule has 15 heavy (non-hydrogen) atoms. The van der Waals surface area contributed by atoms with E-state index in [-0.39, 0.29) is 5.69 Å². The van der Waals surface area contributed by atoms with E-state index < -0.39 is 16.6 Å². The van der Waals surface area contributed by atoms with Crippen molar-refractivity contribution in [2.45, 2.75) is 24.5 Å². The molecular formula is C8H12N4O3. The first-order valence-electron chi connectivity index (χ1n) is 4.58. The Labute approximate surface area is 85.6 Å². The van der Waals surface area contributed by atoms with E-state index in [1.807, 2.05) is 0 Å². The Balaban J connectivity index is 2.43. The molecule has 1 aromatic heterocycles. The van der Waals surface area contributed by atoms with Crippen molar-refractivity contribution in [2.75, 3.05) is 0 Å². The van der Waals surface area contributed by atoms with E-state index in [1.165, 1.54) is 10.9 Å². The second kappa shape index (κ2) is 3.01. The van der Waals surface area contributed by atoms with Gasteiger partial charge in [-0.3, -0.25) is 14.8 Å². The maximum absolute atomic E-state index is 10.7. The number of hydrogen-bond acceptors (Lipinski definition) is 5. The highest BCUT2D eigenvalue weighted by Crippen LogP contribution is 2.42. The lowest BCUT2D eigenvalue weighted by molar-refractivity contribution is -0.386. The molecule has 0 saturated heterocycles. The summed E-state index contributed by atoms with van der Waals surface area (Å²) in [5.41, 5.74) is 5.47. The molecule has 3 N–H and O–H groups in total. The fourth-order valence-corrected chi connectivity index (χ4v) is 2.11. The number of hydrogen-bond donors (Lipinski definition) is 2. The summed E-state index contributed by atoms with van der Waals surface area (Å²) in [5, 5.41) is 23.8. The van der Waals surface area contributed by atoms with Crippen LogP contribution in [0.4, 0.5) is 5.69 Å². The van der Waals surface area contributed by atoms with Gasteiger partial charge in [-0.1, -0.05) is 0 Å². The van der Waals surface area contributed by atoms with Crippen LogP contribution < -0.4 is 5.73 Å². The van der Waals surface area contributed by atoms with E-state index in [1.54, 1.807) is 7.05 Å². The number of nitrogens with two attached hydrogens (primary N) is 1. The molecule has 82 valence electrons. The van der Waals surface area contributed by atoms with Gasteiger partial charge in [-0.15, -0.1) is 0 Å². The van der Waals surface area contributed by atoms with E-state index in [9.17, 15) is 15.2 Å². The summed E-state index contributed by atoms with van der Waals surface area (Å²) >= 11 is 0. The van der Waals surface area contributed by atoms with Crippen LogP contribution >= 0.6 is 0 Å². The highest BCUT2D eigenvalue weighted by atomic mass is 16.6. The maximum atomic E-state index is 10.7. The average Bonchev–Trinajstić information content (AvgIpc) is 2.44. The van der Waals surface area contributed by atoms with Crippen LogP contribution in [0, 0.1) is 10.1 Å². The molecule has 0 amide bonds. The van der Waals surface area contributed by atoms with Crippen molar-refractivity contribution in [3.63, 3.8) is 0 Å². The predicted molar refractivity (Wildman–Crippen MR) is 51.0 cm³/mol. The highest BCUT2D eigenvalue weighted by Gasteiger charge is 2.47. The van der Waals surface area contributed by atoms with Crippen molar-refractivity contribution >= 4 is 5.69 Å². The number of nitrogens with zero attached hydrogens (tertiary/aromatic N) is 3. The number of aliphatic hydroxyl groups is 1. The Morgan fingerprint density at radius 3 is 2.87 bits per heavy atom. The topological polar surface area (TPSA) is 107 Å². The number of aryl methyl sites for hydroxylation is 1. The van der Waals surface area contributed by atoms with Crippen molar-refractivity contribution in [3.05, 3.63) is 22.0 Å². The average molecular weight is 212 g/mol. The summed E-state index contributed by atoms with van der Waals surface area (Å²) in [6, 6.07) is 0. The van der Waals surface area contributed by atoms with Gasteiger partial charge in [0.05, 0.1) is 16.6 Å². The quantitative estimate of drug-likeness (QED) is 0.514. The van der Waals surface area contributed by atoms with Gasteiger partial charge >= 0.3 is 5.69 Å². The largest absolute Gasteiger partial charge is 0.393 e. The lowest BCUT2D eigenvalue weighted by atomic mass is 9.72. The van der Waals surface area contributed by atoms with Gasteiger partial charge in [-0.2, -0.15) is 5.10 Å². The second-order valence-corrected chi connectivity index (χ2v) is 3.98. The Morgan fingerprint density at radius 1 is 1.80 bits per heavy atom. The Kier molecular flexibility index (Phi) is 2.02. The van der Waals surface area contributed by atoms with Gasteiger partial charge in [0.2, 0.25) is 0 Å². The van der Waals surface area contributed by atoms with E-state index in [2.05, 4.69) is 5.10 Å².